The van der Waals surface area contributed by atoms with Crippen LogP contribution in [0, 0.1) is 0 Å². The number of ether oxygens (including phenoxy) is 3. The van der Waals surface area contributed by atoms with Crippen molar-refractivity contribution in [3.8, 4) is 0 Å². The molecule has 1 fully saturated rings. The predicted octanol–water partition coefficient (Wildman–Crippen LogP) is 21.8. The van der Waals surface area contributed by atoms with Crippen LogP contribution in [0.5, 0.6) is 0 Å². The summed E-state index contributed by atoms with van der Waals surface area (Å²) in [5.74, 6) is -1.18. The maximum Gasteiger partial charge on any atom is 0.306 e. The second kappa shape index (κ2) is 70.0. The molecule has 1 rings (SSSR count). The van der Waals surface area contributed by atoms with Crippen molar-refractivity contribution < 1.29 is 49.3 Å². The van der Waals surface area contributed by atoms with E-state index in [1.54, 1.807) is 6.08 Å². The Kier molecular flexibility index (Phi) is 66.3. The third-order valence-electron chi connectivity index (χ3n) is 18.8. The summed E-state index contributed by atoms with van der Waals surface area (Å²) in [6.45, 7) is 5.81. The Balaban J connectivity index is 2.49. The molecule has 0 aliphatic carbocycles. The summed E-state index contributed by atoms with van der Waals surface area (Å²) < 4.78 is 17.8. The lowest BCUT2D eigenvalue weighted by Gasteiger charge is -2.41. The van der Waals surface area contributed by atoms with Gasteiger partial charge in [0.2, 0.25) is 5.91 Å². The average molecular weight is 1320 g/mol. The van der Waals surface area contributed by atoms with Crippen molar-refractivity contribution in [2.24, 2.45) is 0 Å². The van der Waals surface area contributed by atoms with E-state index < -0.39 is 67.4 Å². The van der Waals surface area contributed by atoms with E-state index in [1.807, 2.05) is 6.08 Å². The molecule has 1 aliphatic heterocycles. The van der Waals surface area contributed by atoms with Crippen LogP contribution >= 0.6 is 0 Å². The van der Waals surface area contributed by atoms with E-state index in [-0.39, 0.29) is 13.0 Å². The maximum atomic E-state index is 13.5. The number of aliphatic hydroxyl groups is 5. The van der Waals surface area contributed by atoms with Gasteiger partial charge >= 0.3 is 5.97 Å². The molecule has 11 heteroatoms. The summed E-state index contributed by atoms with van der Waals surface area (Å²) in [6.07, 6.45) is 82.4. The Hall–Kier alpha value is -2.90. The molecule has 0 spiro atoms. The lowest BCUT2D eigenvalue weighted by Crippen LogP contribution is -2.61. The first-order valence-corrected chi connectivity index (χ1v) is 40.2. The van der Waals surface area contributed by atoms with Crippen molar-refractivity contribution in [1.82, 2.24) is 5.32 Å². The molecular weight excluding hydrogens is 1170 g/mol. The minimum atomic E-state index is -1.62. The molecule has 0 radical (unpaired) electrons. The fourth-order valence-corrected chi connectivity index (χ4v) is 12.5. The number of carbonyl (C=O) groups is 2. The number of rotatable bonds is 70. The summed E-state index contributed by atoms with van der Waals surface area (Å²) in [4.78, 5) is 26.8. The van der Waals surface area contributed by atoms with E-state index in [9.17, 15) is 35.1 Å². The maximum absolute atomic E-state index is 13.5. The van der Waals surface area contributed by atoms with Crippen LogP contribution < -0.4 is 5.32 Å². The Morgan fingerprint density at radius 3 is 1.13 bits per heavy atom. The molecule has 0 aromatic carbocycles. The molecule has 1 amide bonds. The highest BCUT2D eigenvalue weighted by Crippen LogP contribution is 2.27. The Morgan fingerprint density at radius 1 is 0.415 bits per heavy atom. The largest absolute Gasteiger partial charge is 0.454 e. The van der Waals surface area contributed by atoms with Crippen molar-refractivity contribution in [1.29, 1.82) is 0 Å². The van der Waals surface area contributed by atoms with Crippen LogP contribution in [0.15, 0.2) is 72.9 Å². The standard InChI is InChI=1S/C83H151NO10/c1-4-7-10-13-16-19-22-25-27-29-31-33-35-37-39-41-43-45-47-49-51-53-56-59-62-65-68-71-78(88)94-81-80(90)79(89)77(72-85)93-83(81)92-73-74(75(86)69-66-63-60-57-54-24-21-18-15-12-9-6-3)84-82(91)76(87)70-67-64-61-58-55-52-50-48-46-44-42-40-38-36-34-32-30-28-26-23-20-17-14-11-8-5-2/h16,19,25-28,31,33,37,39,66,69,74-77,79-81,83,85-87,89-90H,4-15,17-18,20-24,29-30,32,34-36,38,40-65,67-68,70-73H2,1-3H3,(H,84,91)/b19-16-,27-25-,28-26+,33-31-,39-37-,69-66+. The van der Waals surface area contributed by atoms with E-state index in [2.05, 4.69) is 86.8 Å². The van der Waals surface area contributed by atoms with Gasteiger partial charge in [-0.2, -0.15) is 0 Å². The third-order valence-corrected chi connectivity index (χ3v) is 18.8. The van der Waals surface area contributed by atoms with Crippen LogP contribution in [0.3, 0.4) is 0 Å². The van der Waals surface area contributed by atoms with Crippen molar-refractivity contribution in [2.45, 2.75) is 429 Å². The summed E-state index contributed by atoms with van der Waals surface area (Å²) in [6, 6.07) is -1.03. The predicted molar refractivity (Wildman–Crippen MR) is 398 cm³/mol. The van der Waals surface area contributed by atoms with Gasteiger partial charge in [0, 0.05) is 6.42 Å². The van der Waals surface area contributed by atoms with Gasteiger partial charge in [0.15, 0.2) is 12.4 Å². The first-order valence-electron chi connectivity index (χ1n) is 40.2. The number of amides is 1. The molecule has 0 aromatic heterocycles. The van der Waals surface area contributed by atoms with Crippen molar-refractivity contribution in [3.63, 3.8) is 0 Å². The number of hydrogen-bond acceptors (Lipinski definition) is 10. The quantitative estimate of drug-likeness (QED) is 0.0195. The van der Waals surface area contributed by atoms with Gasteiger partial charge < -0.3 is 45.1 Å². The molecule has 0 saturated carbocycles. The van der Waals surface area contributed by atoms with Crippen molar-refractivity contribution in [2.75, 3.05) is 13.2 Å². The first kappa shape index (κ1) is 89.1. The van der Waals surface area contributed by atoms with E-state index in [0.29, 0.717) is 19.3 Å². The number of carbonyl (C=O) groups excluding carboxylic acids is 2. The average Bonchev–Trinajstić information content (AvgIpc) is 0.814. The van der Waals surface area contributed by atoms with Gasteiger partial charge in [-0.15, -0.1) is 0 Å². The van der Waals surface area contributed by atoms with Gasteiger partial charge in [0.05, 0.1) is 25.4 Å². The van der Waals surface area contributed by atoms with Gasteiger partial charge in [-0.3, -0.25) is 9.59 Å². The van der Waals surface area contributed by atoms with Crippen LogP contribution in [-0.4, -0.2) is 99.6 Å². The highest BCUT2D eigenvalue weighted by Gasteiger charge is 2.47. The fraction of sp³-hybridized carbons (Fsp3) is 0.831. The topological polar surface area (TPSA) is 175 Å². The molecule has 0 bridgehead atoms. The lowest BCUT2D eigenvalue weighted by molar-refractivity contribution is -0.305. The van der Waals surface area contributed by atoms with Crippen LogP contribution in [0.2, 0.25) is 0 Å². The minimum Gasteiger partial charge on any atom is -0.454 e. The molecule has 548 valence electrons. The van der Waals surface area contributed by atoms with Crippen molar-refractivity contribution >= 4 is 11.9 Å². The van der Waals surface area contributed by atoms with Gasteiger partial charge in [-0.05, 0) is 96.3 Å². The van der Waals surface area contributed by atoms with Crippen LogP contribution in [0.4, 0.5) is 0 Å². The lowest BCUT2D eigenvalue weighted by atomic mass is 9.99. The smallest absolute Gasteiger partial charge is 0.306 e. The van der Waals surface area contributed by atoms with E-state index in [1.165, 1.54) is 250 Å². The Labute approximate surface area is 579 Å². The summed E-state index contributed by atoms with van der Waals surface area (Å²) in [5.41, 5.74) is 0. The SMILES string of the molecule is CCCCC/C=C\C/C=C\C/C=C\C/C=C\CCCCCCCCCCCCCC(=O)OC1C(OCC(NC(=O)C(O)CCCCCCCCCCCCCCCCCC/C=C/CCCCCCCC)C(O)/C=C/CCCCCCCCCCCC)OC(CO)C(O)C1O. The Morgan fingerprint density at radius 2 is 0.734 bits per heavy atom. The van der Waals surface area contributed by atoms with Gasteiger partial charge in [-0.25, -0.2) is 0 Å². The molecule has 1 saturated heterocycles. The molecule has 11 nitrogen and oxygen atoms in total. The molecule has 6 N–H and O–H groups in total. The fourth-order valence-electron chi connectivity index (χ4n) is 12.5. The summed E-state index contributed by atoms with van der Waals surface area (Å²) in [5, 5.41) is 57.4. The zero-order chi connectivity index (χ0) is 68.1. The zero-order valence-electron chi connectivity index (χ0n) is 61.3. The number of allylic oxidation sites excluding steroid dienone is 11. The molecule has 8 atom stereocenters. The molecule has 1 aliphatic rings. The molecule has 94 heavy (non-hydrogen) atoms. The minimum absolute atomic E-state index is 0.119. The molecule has 8 unspecified atom stereocenters. The highest BCUT2D eigenvalue weighted by molar-refractivity contribution is 5.80. The van der Waals surface area contributed by atoms with E-state index in [4.69, 9.17) is 14.2 Å². The molecule has 0 aromatic rings. The normalized spacial score (nSPS) is 18.1. The number of hydrogen-bond donors (Lipinski definition) is 6. The van der Waals surface area contributed by atoms with Gasteiger partial charge in [0.25, 0.3) is 0 Å². The number of esters is 1. The van der Waals surface area contributed by atoms with Crippen LogP contribution in [0.1, 0.15) is 380 Å². The third kappa shape index (κ3) is 56.0. The number of aliphatic hydroxyl groups excluding tert-OH is 5. The zero-order valence-corrected chi connectivity index (χ0v) is 61.3. The van der Waals surface area contributed by atoms with E-state index >= 15 is 0 Å². The van der Waals surface area contributed by atoms with Crippen LogP contribution in [-0.2, 0) is 23.8 Å². The number of nitrogens with one attached hydrogen (secondary N) is 1. The Bertz CT molecular complexity index is 1810. The monoisotopic (exact) mass is 1320 g/mol. The van der Waals surface area contributed by atoms with Crippen LogP contribution in [0.25, 0.3) is 0 Å². The summed E-state index contributed by atoms with van der Waals surface area (Å²) >= 11 is 0. The molecule has 1 heterocycles. The second-order valence-corrected chi connectivity index (χ2v) is 27.8. The summed E-state index contributed by atoms with van der Waals surface area (Å²) in [7, 11) is 0. The van der Waals surface area contributed by atoms with E-state index in [0.717, 1.165) is 83.5 Å². The van der Waals surface area contributed by atoms with Crippen molar-refractivity contribution in [3.05, 3.63) is 72.9 Å². The number of unbranched alkanes of at least 4 members (excludes halogenated alkanes) is 46. The second-order valence-electron chi connectivity index (χ2n) is 27.8. The molecular formula is C83H151NO10. The van der Waals surface area contributed by atoms with Gasteiger partial charge in [-0.1, -0.05) is 351 Å². The van der Waals surface area contributed by atoms with Gasteiger partial charge in [0.1, 0.15) is 24.4 Å². The first-order chi connectivity index (χ1) is 46.2. The highest BCUT2D eigenvalue weighted by atomic mass is 16.7.